The molecule has 1 unspecified atom stereocenters. The number of hydrogen-bond donors (Lipinski definition) is 2. The molecule has 1 aliphatic heterocycles. The molecule has 6 heteroatoms. The third kappa shape index (κ3) is 8.34. The molecule has 24 heavy (non-hydrogen) atoms. The summed E-state index contributed by atoms with van der Waals surface area (Å²) in [5.74, 6) is 0.883. The highest BCUT2D eigenvalue weighted by Crippen LogP contribution is 2.18. The van der Waals surface area contributed by atoms with Crippen LogP contribution in [0.15, 0.2) is 24.3 Å². The van der Waals surface area contributed by atoms with Crippen LogP contribution in [-0.4, -0.2) is 29.9 Å². The Morgan fingerprint density at radius 3 is 2.54 bits per heavy atom. The molecule has 0 aliphatic carbocycles. The summed E-state index contributed by atoms with van der Waals surface area (Å²) in [6.07, 6.45) is 2.98. The van der Waals surface area contributed by atoms with Crippen molar-refractivity contribution in [1.82, 2.24) is 10.2 Å². The van der Waals surface area contributed by atoms with Gasteiger partial charge in [-0.1, -0.05) is 31.2 Å². The lowest BCUT2D eigenvalue weighted by Gasteiger charge is -2.30. The predicted molar refractivity (Wildman–Crippen MR) is 105 cm³/mol. The van der Waals surface area contributed by atoms with Gasteiger partial charge in [0.15, 0.2) is 0 Å². The molecule has 0 radical (unpaired) electrons. The van der Waals surface area contributed by atoms with Crippen molar-refractivity contribution in [3.8, 4) is 0 Å². The second-order valence-corrected chi connectivity index (χ2v) is 6.74. The summed E-state index contributed by atoms with van der Waals surface area (Å²) in [7, 11) is 0. The van der Waals surface area contributed by atoms with Crippen LogP contribution in [0.5, 0.6) is 0 Å². The Hall–Kier alpha value is -0.810. The third-order valence-corrected chi connectivity index (χ3v) is 4.27. The molecule has 2 rings (SSSR count). The average molecular weight is 376 g/mol. The van der Waals surface area contributed by atoms with Crippen LogP contribution in [0.2, 0.25) is 0 Å². The molecule has 138 valence electrons. The largest absolute Gasteiger partial charge is 0.352 e. The number of nitrogens with zero attached hydrogens (tertiary/aromatic N) is 1. The summed E-state index contributed by atoms with van der Waals surface area (Å²) in [5.41, 5.74) is 8.11. The van der Waals surface area contributed by atoms with Gasteiger partial charge in [-0.05, 0) is 49.9 Å². The highest BCUT2D eigenvalue weighted by molar-refractivity contribution is 5.85. The molecule has 1 saturated heterocycles. The Balaban J connectivity index is 0.00000264. The molecule has 1 heterocycles. The summed E-state index contributed by atoms with van der Waals surface area (Å²) in [6.45, 7) is 8.15. The van der Waals surface area contributed by atoms with Gasteiger partial charge in [0.1, 0.15) is 0 Å². The number of amides is 1. The second kappa shape index (κ2) is 11.7. The van der Waals surface area contributed by atoms with Gasteiger partial charge in [-0.2, -0.15) is 0 Å². The number of carbonyl (C=O) groups excluding carboxylic acids is 1. The van der Waals surface area contributed by atoms with Crippen LogP contribution >= 0.6 is 24.8 Å². The van der Waals surface area contributed by atoms with E-state index in [9.17, 15) is 4.79 Å². The molecular weight excluding hydrogens is 345 g/mol. The molecule has 1 fully saturated rings. The number of nitrogens with one attached hydrogen (secondary N) is 1. The van der Waals surface area contributed by atoms with Gasteiger partial charge in [-0.25, -0.2) is 0 Å². The van der Waals surface area contributed by atoms with E-state index in [2.05, 4.69) is 41.4 Å². The molecule has 3 N–H and O–H groups in total. The highest BCUT2D eigenvalue weighted by Gasteiger charge is 2.15. The second-order valence-electron chi connectivity index (χ2n) is 6.74. The zero-order valence-corrected chi connectivity index (χ0v) is 16.3. The fraction of sp³-hybridized carbons (Fsp3) is 0.611. The van der Waals surface area contributed by atoms with Crippen LogP contribution in [0.1, 0.15) is 44.2 Å². The minimum atomic E-state index is -0.0900. The van der Waals surface area contributed by atoms with E-state index in [1.165, 1.54) is 31.5 Å². The molecule has 0 spiro atoms. The quantitative estimate of drug-likeness (QED) is 0.802. The molecule has 0 aromatic heterocycles. The molecule has 1 amide bonds. The van der Waals surface area contributed by atoms with Gasteiger partial charge >= 0.3 is 0 Å². The maximum absolute atomic E-state index is 11.7. The number of halogens is 2. The van der Waals surface area contributed by atoms with E-state index in [-0.39, 0.29) is 36.8 Å². The van der Waals surface area contributed by atoms with Gasteiger partial charge in [0.25, 0.3) is 0 Å². The summed E-state index contributed by atoms with van der Waals surface area (Å²) < 4.78 is 0. The highest BCUT2D eigenvalue weighted by atomic mass is 35.5. The van der Waals surface area contributed by atoms with Crippen molar-refractivity contribution in [3.05, 3.63) is 35.4 Å². The van der Waals surface area contributed by atoms with Crippen LogP contribution in [0.3, 0.4) is 0 Å². The summed E-state index contributed by atoms with van der Waals surface area (Å²) >= 11 is 0. The molecular formula is C18H31Cl2N3O. The van der Waals surface area contributed by atoms with Gasteiger partial charge in [0, 0.05) is 25.6 Å². The first-order valence-electron chi connectivity index (χ1n) is 8.35. The van der Waals surface area contributed by atoms with Crippen molar-refractivity contribution in [2.24, 2.45) is 11.7 Å². The maximum Gasteiger partial charge on any atom is 0.221 e. The maximum atomic E-state index is 11.7. The topological polar surface area (TPSA) is 58.4 Å². The fourth-order valence-electron chi connectivity index (χ4n) is 2.88. The van der Waals surface area contributed by atoms with E-state index in [1.54, 1.807) is 0 Å². The van der Waals surface area contributed by atoms with E-state index >= 15 is 0 Å². The molecule has 0 bridgehead atoms. The minimum Gasteiger partial charge on any atom is -0.352 e. The molecule has 1 atom stereocenters. The van der Waals surface area contributed by atoms with Crippen molar-refractivity contribution >= 4 is 30.7 Å². The van der Waals surface area contributed by atoms with Gasteiger partial charge in [-0.3, -0.25) is 9.69 Å². The summed E-state index contributed by atoms with van der Waals surface area (Å²) in [4.78, 5) is 14.2. The van der Waals surface area contributed by atoms with Crippen molar-refractivity contribution in [1.29, 1.82) is 0 Å². The first kappa shape index (κ1) is 23.2. The van der Waals surface area contributed by atoms with Gasteiger partial charge in [0.05, 0.1) is 0 Å². The zero-order chi connectivity index (χ0) is 15.9. The van der Waals surface area contributed by atoms with Crippen LogP contribution in [0, 0.1) is 5.92 Å². The fourth-order valence-corrected chi connectivity index (χ4v) is 2.88. The van der Waals surface area contributed by atoms with E-state index in [4.69, 9.17) is 5.73 Å². The monoisotopic (exact) mass is 375 g/mol. The molecule has 0 saturated carbocycles. The van der Waals surface area contributed by atoms with Gasteiger partial charge in [0.2, 0.25) is 5.91 Å². The van der Waals surface area contributed by atoms with Gasteiger partial charge in [-0.15, -0.1) is 24.8 Å². The third-order valence-electron chi connectivity index (χ3n) is 4.27. The number of rotatable bonds is 6. The normalized spacial score (nSPS) is 16.6. The summed E-state index contributed by atoms with van der Waals surface area (Å²) in [6, 6.07) is 8.42. The first-order chi connectivity index (χ1) is 10.5. The van der Waals surface area contributed by atoms with Crippen molar-refractivity contribution in [3.63, 3.8) is 0 Å². The Labute approximate surface area is 158 Å². The Morgan fingerprint density at radius 1 is 1.29 bits per heavy atom. The smallest absolute Gasteiger partial charge is 0.221 e. The van der Waals surface area contributed by atoms with Crippen LogP contribution < -0.4 is 11.1 Å². The lowest BCUT2D eigenvalue weighted by molar-refractivity contribution is -0.121. The number of benzene rings is 1. The summed E-state index contributed by atoms with van der Waals surface area (Å²) in [5, 5.41) is 2.93. The lowest BCUT2D eigenvalue weighted by Crippen LogP contribution is -2.32. The average Bonchev–Trinajstić information content (AvgIpc) is 2.47. The predicted octanol–water partition coefficient (Wildman–Crippen LogP) is 3.12. The zero-order valence-electron chi connectivity index (χ0n) is 14.7. The molecule has 1 aromatic carbocycles. The Bertz CT molecular complexity index is 489. The van der Waals surface area contributed by atoms with Crippen molar-refractivity contribution in [2.45, 2.75) is 52.2 Å². The molecule has 1 aromatic rings. The van der Waals surface area contributed by atoms with Crippen molar-refractivity contribution in [2.75, 3.05) is 13.1 Å². The number of piperidine rings is 1. The number of carbonyl (C=O) groups is 1. The molecule has 1 aliphatic rings. The first-order valence-corrected chi connectivity index (χ1v) is 8.35. The lowest BCUT2D eigenvalue weighted by atomic mass is 9.98. The van der Waals surface area contributed by atoms with Gasteiger partial charge < -0.3 is 11.1 Å². The SMILES string of the molecule is CC(N)CC(=O)NCc1cccc(CN2CCC(C)CC2)c1.Cl.Cl. The van der Waals surface area contributed by atoms with Crippen LogP contribution in [0.4, 0.5) is 0 Å². The number of likely N-dealkylation sites (tertiary alicyclic amines) is 1. The van der Waals surface area contributed by atoms with E-state index in [1.807, 2.05) is 6.92 Å². The number of nitrogens with two attached hydrogens (primary N) is 1. The van der Waals surface area contributed by atoms with E-state index in [0.717, 1.165) is 18.0 Å². The standard InChI is InChI=1S/C18H29N3O.2ClH/c1-14-6-8-21(9-7-14)13-17-5-3-4-16(11-17)12-20-18(22)10-15(2)19;;/h3-5,11,14-15H,6-10,12-13,19H2,1-2H3,(H,20,22);2*1H. The Morgan fingerprint density at radius 2 is 1.92 bits per heavy atom. The van der Waals surface area contributed by atoms with Crippen molar-refractivity contribution < 1.29 is 4.79 Å². The molecule has 4 nitrogen and oxygen atoms in total. The minimum absolute atomic E-state index is 0. The Kier molecular flexibility index (Phi) is 11.3. The number of hydrogen-bond acceptors (Lipinski definition) is 3. The van der Waals surface area contributed by atoms with E-state index < -0.39 is 0 Å². The van der Waals surface area contributed by atoms with E-state index in [0.29, 0.717) is 13.0 Å². The van der Waals surface area contributed by atoms with Crippen LogP contribution in [-0.2, 0) is 17.9 Å². The van der Waals surface area contributed by atoms with Crippen LogP contribution in [0.25, 0.3) is 0 Å².